The summed E-state index contributed by atoms with van der Waals surface area (Å²) in [4.78, 5) is 0. The largest absolute Gasteiger partial charge is 0.320 e. The lowest BCUT2D eigenvalue weighted by atomic mass is 10.0. The first-order chi connectivity index (χ1) is 9.13. The zero-order valence-corrected chi connectivity index (χ0v) is 13.3. The summed E-state index contributed by atoms with van der Waals surface area (Å²) in [6.07, 6.45) is 0. The maximum atomic E-state index is 12.0. The number of sulfonamides is 1. The van der Waals surface area contributed by atoms with Crippen molar-refractivity contribution in [1.82, 2.24) is 0 Å². The molecule has 0 aliphatic rings. The standard InChI is InChI=1S/C15H22N2O2S/c1-12-10-14(8-7-13(12)6-5-9-16)17-20(18,19)11-15(2,3)4/h7-8,10,17H,9,11,16H2,1-4H3. The predicted molar refractivity (Wildman–Crippen MR) is 84.0 cm³/mol. The Morgan fingerprint density at radius 2 is 1.95 bits per heavy atom. The summed E-state index contributed by atoms with van der Waals surface area (Å²) in [5, 5.41) is 0. The van der Waals surface area contributed by atoms with Gasteiger partial charge < -0.3 is 5.73 Å². The third-order valence-corrected chi connectivity index (χ3v) is 4.24. The van der Waals surface area contributed by atoms with Crippen molar-refractivity contribution in [3.05, 3.63) is 29.3 Å². The number of rotatable bonds is 3. The molecule has 0 amide bonds. The molecule has 0 spiro atoms. The van der Waals surface area contributed by atoms with Crippen LogP contribution in [0.15, 0.2) is 18.2 Å². The van der Waals surface area contributed by atoms with Gasteiger partial charge in [-0.3, -0.25) is 4.72 Å². The highest BCUT2D eigenvalue weighted by Crippen LogP contribution is 2.20. The normalized spacial score (nSPS) is 11.7. The number of benzene rings is 1. The Morgan fingerprint density at radius 1 is 1.30 bits per heavy atom. The molecule has 3 N–H and O–H groups in total. The van der Waals surface area contributed by atoms with Gasteiger partial charge in [-0.15, -0.1) is 0 Å². The van der Waals surface area contributed by atoms with E-state index in [4.69, 9.17) is 5.73 Å². The highest BCUT2D eigenvalue weighted by molar-refractivity contribution is 7.92. The van der Waals surface area contributed by atoms with E-state index in [0.717, 1.165) is 11.1 Å². The Morgan fingerprint density at radius 3 is 2.45 bits per heavy atom. The lowest BCUT2D eigenvalue weighted by Crippen LogP contribution is -2.26. The molecule has 4 nitrogen and oxygen atoms in total. The first-order valence-electron chi connectivity index (χ1n) is 6.43. The molecule has 5 heteroatoms. The molecular weight excluding hydrogens is 272 g/mol. The Labute approximate surface area is 121 Å². The van der Waals surface area contributed by atoms with Crippen molar-refractivity contribution in [2.24, 2.45) is 11.1 Å². The molecule has 0 heterocycles. The first kappa shape index (κ1) is 16.5. The van der Waals surface area contributed by atoms with Gasteiger partial charge in [-0.2, -0.15) is 0 Å². The van der Waals surface area contributed by atoms with Crippen LogP contribution < -0.4 is 10.5 Å². The maximum absolute atomic E-state index is 12.0. The van der Waals surface area contributed by atoms with E-state index in [2.05, 4.69) is 16.6 Å². The Kier molecular flexibility index (Phi) is 5.21. The molecule has 20 heavy (non-hydrogen) atoms. The molecule has 0 aliphatic carbocycles. The summed E-state index contributed by atoms with van der Waals surface area (Å²) in [5.74, 6) is 5.81. The van der Waals surface area contributed by atoms with Crippen LogP contribution >= 0.6 is 0 Å². The minimum Gasteiger partial charge on any atom is -0.320 e. The molecule has 0 radical (unpaired) electrons. The summed E-state index contributed by atoms with van der Waals surface area (Å²) in [5.41, 5.74) is 7.38. The molecule has 0 saturated carbocycles. The summed E-state index contributed by atoms with van der Waals surface area (Å²) in [6.45, 7) is 7.87. The van der Waals surface area contributed by atoms with Crippen LogP contribution in [0, 0.1) is 24.2 Å². The lowest BCUT2D eigenvalue weighted by Gasteiger charge is -2.19. The van der Waals surface area contributed by atoms with E-state index in [9.17, 15) is 8.42 Å². The summed E-state index contributed by atoms with van der Waals surface area (Å²) in [6, 6.07) is 5.29. The first-order valence-corrected chi connectivity index (χ1v) is 8.08. The SMILES string of the molecule is Cc1cc(NS(=O)(=O)CC(C)(C)C)ccc1C#CCN. The molecule has 1 rings (SSSR count). The van der Waals surface area contributed by atoms with Gasteiger partial charge in [-0.05, 0) is 36.1 Å². The minimum atomic E-state index is -3.34. The monoisotopic (exact) mass is 294 g/mol. The summed E-state index contributed by atoms with van der Waals surface area (Å²) < 4.78 is 26.7. The molecular formula is C15H22N2O2S. The molecule has 0 aromatic heterocycles. The quantitative estimate of drug-likeness (QED) is 0.839. The molecule has 0 atom stereocenters. The molecule has 1 aromatic carbocycles. The van der Waals surface area contributed by atoms with Crippen LogP contribution in [0.5, 0.6) is 0 Å². The van der Waals surface area contributed by atoms with Gasteiger partial charge in [-0.1, -0.05) is 32.6 Å². The molecule has 0 unspecified atom stereocenters. The fourth-order valence-corrected chi connectivity index (χ4v) is 3.50. The number of hydrogen-bond acceptors (Lipinski definition) is 3. The van der Waals surface area contributed by atoms with Crippen molar-refractivity contribution in [1.29, 1.82) is 0 Å². The van der Waals surface area contributed by atoms with Gasteiger partial charge in [0.1, 0.15) is 0 Å². The van der Waals surface area contributed by atoms with Gasteiger partial charge >= 0.3 is 0 Å². The van der Waals surface area contributed by atoms with Gasteiger partial charge in [0.2, 0.25) is 10.0 Å². The van der Waals surface area contributed by atoms with E-state index in [1.54, 1.807) is 18.2 Å². The maximum Gasteiger partial charge on any atom is 0.233 e. The van der Waals surface area contributed by atoms with Gasteiger partial charge in [0, 0.05) is 11.3 Å². The molecule has 0 aliphatic heterocycles. The Hall–Kier alpha value is -1.51. The average Bonchev–Trinajstić information content (AvgIpc) is 2.23. The van der Waals surface area contributed by atoms with Gasteiger partial charge in [0.25, 0.3) is 0 Å². The molecule has 0 fully saturated rings. The average molecular weight is 294 g/mol. The Balaban J connectivity index is 2.92. The molecule has 1 aromatic rings. The van der Waals surface area contributed by atoms with Gasteiger partial charge in [0.15, 0.2) is 0 Å². The summed E-state index contributed by atoms with van der Waals surface area (Å²) >= 11 is 0. The fourth-order valence-electron chi connectivity index (χ4n) is 1.80. The van der Waals surface area contributed by atoms with E-state index in [-0.39, 0.29) is 11.2 Å². The van der Waals surface area contributed by atoms with Crippen molar-refractivity contribution >= 4 is 15.7 Å². The van der Waals surface area contributed by atoms with Crippen LogP contribution in [0.25, 0.3) is 0 Å². The van der Waals surface area contributed by atoms with E-state index in [0.29, 0.717) is 12.2 Å². The van der Waals surface area contributed by atoms with E-state index in [1.165, 1.54) is 0 Å². The van der Waals surface area contributed by atoms with Crippen molar-refractivity contribution in [3.8, 4) is 11.8 Å². The number of aryl methyl sites for hydroxylation is 1. The van der Waals surface area contributed by atoms with Crippen LogP contribution in [0.2, 0.25) is 0 Å². The molecule has 0 bridgehead atoms. The highest BCUT2D eigenvalue weighted by Gasteiger charge is 2.21. The second kappa shape index (κ2) is 6.29. The van der Waals surface area contributed by atoms with Crippen LogP contribution in [-0.4, -0.2) is 20.7 Å². The second-order valence-corrected chi connectivity index (χ2v) is 7.68. The van der Waals surface area contributed by atoms with Crippen molar-refractivity contribution in [2.45, 2.75) is 27.7 Å². The van der Waals surface area contributed by atoms with E-state index < -0.39 is 10.0 Å². The number of anilines is 1. The van der Waals surface area contributed by atoms with Gasteiger partial charge in [0.05, 0.1) is 12.3 Å². The zero-order valence-electron chi connectivity index (χ0n) is 12.4. The fraction of sp³-hybridized carbons (Fsp3) is 0.467. The lowest BCUT2D eigenvalue weighted by molar-refractivity contribution is 0.463. The highest BCUT2D eigenvalue weighted by atomic mass is 32.2. The third-order valence-electron chi connectivity index (χ3n) is 2.45. The van der Waals surface area contributed by atoms with Crippen LogP contribution in [0.3, 0.4) is 0 Å². The minimum absolute atomic E-state index is 0.0772. The van der Waals surface area contributed by atoms with Crippen LogP contribution in [0.4, 0.5) is 5.69 Å². The number of nitrogens with two attached hydrogens (primary N) is 1. The van der Waals surface area contributed by atoms with Crippen LogP contribution in [-0.2, 0) is 10.0 Å². The predicted octanol–water partition coefficient (Wildman–Crippen LogP) is 2.09. The van der Waals surface area contributed by atoms with Crippen molar-refractivity contribution < 1.29 is 8.42 Å². The number of nitrogens with one attached hydrogen (secondary N) is 1. The van der Waals surface area contributed by atoms with Gasteiger partial charge in [-0.25, -0.2) is 8.42 Å². The molecule has 0 saturated heterocycles. The third kappa shape index (κ3) is 5.64. The topological polar surface area (TPSA) is 72.2 Å². The summed E-state index contributed by atoms with van der Waals surface area (Å²) in [7, 11) is -3.34. The molecule has 110 valence electrons. The van der Waals surface area contributed by atoms with Crippen molar-refractivity contribution in [2.75, 3.05) is 17.0 Å². The van der Waals surface area contributed by atoms with E-state index >= 15 is 0 Å². The zero-order chi connectivity index (χ0) is 15.4. The van der Waals surface area contributed by atoms with Crippen LogP contribution in [0.1, 0.15) is 31.9 Å². The second-order valence-electron chi connectivity index (χ2n) is 5.96. The van der Waals surface area contributed by atoms with E-state index in [1.807, 2.05) is 27.7 Å². The Bertz CT molecular complexity index is 632. The number of hydrogen-bond donors (Lipinski definition) is 2. The van der Waals surface area contributed by atoms with Crippen molar-refractivity contribution in [3.63, 3.8) is 0 Å². The smallest absolute Gasteiger partial charge is 0.233 e.